The lowest BCUT2D eigenvalue weighted by atomic mass is 9.96. The Bertz CT molecular complexity index is 649. The first-order chi connectivity index (χ1) is 8.80. The molecule has 1 amide bonds. The molecule has 5 nitrogen and oxygen atoms in total. The second-order valence-corrected chi connectivity index (χ2v) is 7.08. The van der Waals surface area contributed by atoms with Crippen LogP contribution in [0.4, 0.5) is 0 Å². The van der Waals surface area contributed by atoms with Gasteiger partial charge in [0.2, 0.25) is 0 Å². The molecular weight excluding hydrogens is 266 g/mol. The number of amides is 1. The van der Waals surface area contributed by atoms with E-state index in [2.05, 4.69) is 5.32 Å². The molecule has 6 heteroatoms. The zero-order valence-electron chi connectivity index (χ0n) is 10.8. The number of sulfone groups is 1. The van der Waals surface area contributed by atoms with E-state index in [-0.39, 0.29) is 11.5 Å². The van der Waals surface area contributed by atoms with Crippen LogP contribution in [-0.4, -0.2) is 38.2 Å². The molecule has 1 aliphatic heterocycles. The van der Waals surface area contributed by atoms with Crippen molar-refractivity contribution in [3.8, 4) is 0 Å². The summed E-state index contributed by atoms with van der Waals surface area (Å²) >= 11 is 0. The maximum Gasteiger partial charge on any atom is 0.251 e. The standard InChI is InChI=1S/C13H15NO4S/c1-8(19(2,17)18)12(15)10-4-3-9-5-6-14-13(16)11(9)7-10/h3-4,7-8H,5-6H2,1-2H3,(H,14,16). The summed E-state index contributed by atoms with van der Waals surface area (Å²) in [5.74, 6) is -0.702. The Labute approximate surface area is 111 Å². The first kappa shape index (κ1) is 13.7. The smallest absolute Gasteiger partial charge is 0.251 e. The van der Waals surface area contributed by atoms with Crippen LogP contribution in [-0.2, 0) is 16.3 Å². The van der Waals surface area contributed by atoms with E-state index in [1.165, 1.54) is 13.0 Å². The third kappa shape index (κ3) is 2.68. The number of hydrogen-bond donors (Lipinski definition) is 1. The summed E-state index contributed by atoms with van der Waals surface area (Å²) in [4.78, 5) is 23.8. The van der Waals surface area contributed by atoms with E-state index >= 15 is 0 Å². The highest BCUT2D eigenvalue weighted by Crippen LogP contribution is 2.18. The molecule has 0 spiro atoms. The molecule has 102 valence electrons. The van der Waals surface area contributed by atoms with Crippen LogP contribution in [0.5, 0.6) is 0 Å². The third-order valence-electron chi connectivity index (χ3n) is 3.33. The summed E-state index contributed by atoms with van der Waals surface area (Å²) in [5.41, 5.74) is 1.60. The van der Waals surface area contributed by atoms with Crippen LogP contribution in [0.15, 0.2) is 18.2 Å². The van der Waals surface area contributed by atoms with Crippen molar-refractivity contribution in [3.05, 3.63) is 34.9 Å². The fraction of sp³-hybridized carbons (Fsp3) is 0.385. The van der Waals surface area contributed by atoms with Gasteiger partial charge < -0.3 is 5.32 Å². The van der Waals surface area contributed by atoms with Crippen LogP contribution in [0.3, 0.4) is 0 Å². The molecule has 1 atom stereocenters. The molecule has 1 aromatic rings. The van der Waals surface area contributed by atoms with Gasteiger partial charge in [0.15, 0.2) is 15.6 Å². The fourth-order valence-corrected chi connectivity index (χ4v) is 2.52. The number of rotatable bonds is 3. The van der Waals surface area contributed by atoms with E-state index in [1.807, 2.05) is 0 Å². The van der Waals surface area contributed by atoms with Gasteiger partial charge in [-0.15, -0.1) is 0 Å². The molecule has 1 unspecified atom stereocenters. The molecular formula is C13H15NO4S. The molecule has 0 fully saturated rings. The Morgan fingerprint density at radius 1 is 1.37 bits per heavy atom. The zero-order chi connectivity index (χ0) is 14.2. The summed E-state index contributed by atoms with van der Waals surface area (Å²) in [6.07, 6.45) is 1.75. The van der Waals surface area contributed by atoms with Crippen molar-refractivity contribution >= 4 is 21.5 Å². The predicted octanol–water partition coefficient (Wildman–Crippen LogP) is 0.588. The van der Waals surface area contributed by atoms with Gasteiger partial charge in [-0.05, 0) is 25.0 Å². The minimum Gasteiger partial charge on any atom is -0.352 e. The van der Waals surface area contributed by atoms with Crippen LogP contribution >= 0.6 is 0 Å². The highest BCUT2D eigenvalue weighted by atomic mass is 32.2. The highest BCUT2D eigenvalue weighted by molar-refractivity contribution is 7.92. The van der Waals surface area contributed by atoms with Gasteiger partial charge in [-0.25, -0.2) is 8.42 Å². The molecule has 0 aliphatic carbocycles. The first-order valence-corrected chi connectivity index (χ1v) is 7.90. The van der Waals surface area contributed by atoms with Gasteiger partial charge >= 0.3 is 0 Å². The Hall–Kier alpha value is -1.69. The monoisotopic (exact) mass is 281 g/mol. The summed E-state index contributed by atoms with van der Waals surface area (Å²) in [5, 5.41) is 1.60. The third-order valence-corrected chi connectivity index (χ3v) is 4.83. The molecule has 1 heterocycles. The average molecular weight is 281 g/mol. The zero-order valence-corrected chi connectivity index (χ0v) is 11.6. The molecule has 0 radical (unpaired) electrons. The van der Waals surface area contributed by atoms with Crippen LogP contribution in [0.25, 0.3) is 0 Å². The van der Waals surface area contributed by atoms with Gasteiger partial charge in [-0.2, -0.15) is 0 Å². The van der Waals surface area contributed by atoms with E-state index in [4.69, 9.17) is 0 Å². The van der Waals surface area contributed by atoms with Crippen LogP contribution in [0.1, 0.15) is 33.2 Å². The number of carbonyl (C=O) groups is 2. The second-order valence-electron chi connectivity index (χ2n) is 4.71. The van der Waals surface area contributed by atoms with Crippen LogP contribution < -0.4 is 5.32 Å². The fourth-order valence-electron chi connectivity index (χ4n) is 1.99. The highest BCUT2D eigenvalue weighted by Gasteiger charge is 2.26. The number of carbonyl (C=O) groups excluding carboxylic acids is 2. The van der Waals surface area contributed by atoms with E-state index in [0.29, 0.717) is 12.1 Å². The van der Waals surface area contributed by atoms with Crippen LogP contribution in [0.2, 0.25) is 0 Å². The number of Topliss-reactive ketones (excluding diaryl/α,β-unsaturated/α-hetero) is 1. The molecule has 19 heavy (non-hydrogen) atoms. The topological polar surface area (TPSA) is 80.3 Å². The van der Waals surface area contributed by atoms with Crippen molar-refractivity contribution in [1.82, 2.24) is 5.32 Å². The predicted molar refractivity (Wildman–Crippen MR) is 71.1 cm³/mol. The van der Waals surface area contributed by atoms with Crippen molar-refractivity contribution in [3.63, 3.8) is 0 Å². The number of ketones is 1. The number of nitrogens with one attached hydrogen (secondary N) is 1. The Morgan fingerprint density at radius 3 is 2.68 bits per heavy atom. The molecule has 0 aromatic heterocycles. The number of fused-ring (bicyclic) bond motifs is 1. The Kier molecular flexibility index (Phi) is 3.45. The van der Waals surface area contributed by atoms with Crippen LogP contribution in [0, 0.1) is 0 Å². The minimum atomic E-state index is -3.44. The molecule has 0 saturated heterocycles. The molecule has 2 rings (SSSR count). The van der Waals surface area contributed by atoms with Crippen molar-refractivity contribution in [2.75, 3.05) is 12.8 Å². The lowest BCUT2D eigenvalue weighted by Gasteiger charge is -2.17. The lowest BCUT2D eigenvalue weighted by molar-refractivity contribution is 0.0946. The van der Waals surface area contributed by atoms with Gasteiger partial charge in [-0.1, -0.05) is 12.1 Å². The summed E-state index contributed by atoms with van der Waals surface area (Å²) in [6.45, 7) is 1.94. The minimum absolute atomic E-state index is 0.220. The molecule has 1 aliphatic rings. The van der Waals surface area contributed by atoms with E-state index in [0.717, 1.165) is 18.2 Å². The van der Waals surface area contributed by atoms with E-state index < -0.39 is 20.9 Å². The van der Waals surface area contributed by atoms with Gasteiger partial charge in [0, 0.05) is 23.9 Å². The molecule has 1 N–H and O–H groups in total. The molecule has 0 bridgehead atoms. The summed E-state index contributed by atoms with van der Waals surface area (Å²) < 4.78 is 22.8. The normalized spacial score (nSPS) is 16.4. The van der Waals surface area contributed by atoms with Gasteiger partial charge in [0.25, 0.3) is 5.91 Å². The maximum atomic E-state index is 12.1. The quantitative estimate of drug-likeness (QED) is 0.822. The van der Waals surface area contributed by atoms with Gasteiger partial charge in [-0.3, -0.25) is 9.59 Å². The Balaban J connectivity index is 2.40. The largest absolute Gasteiger partial charge is 0.352 e. The Morgan fingerprint density at radius 2 is 2.05 bits per heavy atom. The molecule has 1 aromatic carbocycles. The van der Waals surface area contributed by atoms with Crippen molar-refractivity contribution < 1.29 is 18.0 Å². The second kappa shape index (κ2) is 4.77. The van der Waals surface area contributed by atoms with Crippen molar-refractivity contribution in [1.29, 1.82) is 0 Å². The number of hydrogen-bond acceptors (Lipinski definition) is 4. The van der Waals surface area contributed by atoms with E-state index in [1.54, 1.807) is 12.1 Å². The maximum absolute atomic E-state index is 12.1. The summed E-state index contributed by atoms with van der Waals surface area (Å²) in [7, 11) is -3.44. The SMILES string of the molecule is CC(C(=O)c1ccc2c(c1)C(=O)NCC2)S(C)(=O)=O. The first-order valence-electron chi connectivity index (χ1n) is 5.95. The van der Waals surface area contributed by atoms with Crippen molar-refractivity contribution in [2.45, 2.75) is 18.6 Å². The lowest BCUT2D eigenvalue weighted by Crippen LogP contribution is -2.32. The average Bonchev–Trinajstić information content (AvgIpc) is 2.36. The van der Waals surface area contributed by atoms with Gasteiger partial charge in [0.05, 0.1) is 0 Å². The summed E-state index contributed by atoms with van der Waals surface area (Å²) in [6, 6.07) is 4.78. The molecule has 0 saturated carbocycles. The van der Waals surface area contributed by atoms with E-state index in [9.17, 15) is 18.0 Å². The number of benzene rings is 1. The van der Waals surface area contributed by atoms with Gasteiger partial charge in [0.1, 0.15) is 5.25 Å². The van der Waals surface area contributed by atoms with Crippen molar-refractivity contribution in [2.24, 2.45) is 0 Å².